The minimum atomic E-state index is 0.626. The molecule has 0 N–H and O–H groups in total. The van der Waals surface area contributed by atoms with Crippen molar-refractivity contribution in [2.75, 3.05) is 0 Å². The second-order valence-corrected chi connectivity index (χ2v) is 6.09. The summed E-state index contributed by atoms with van der Waals surface area (Å²) in [5.41, 5.74) is 2.01. The number of aromatic nitrogens is 3. The SMILES string of the molecule is O=Cc1cccn1-c1ncnc2sc3c(c12)CCCC3. The van der Waals surface area contributed by atoms with E-state index in [9.17, 15) is 4.79 Å². The van der Waals surface area contributed by atoms with Crippen molar-refractivity contribution in [3.05, 3.63) is 40.8 Å². The fourth-order valence-corrected chi connectivity index (χ4v) is 4.16. The number of rotatable bonds is 2. The molecule has 0 saturated carbocycles. The molecule has 1 aliphatic rings. The molecule has 0 saturated heterocycles. The molecule has 0 aliphatic heterocycles. The highest BCUT2D eigenvalue weighted by atomic mass is 32.1. The van der Waals surface area contributed by atoms with Gasteiger partial charge < -0.3 is 0 Å². The molecule has 3 aromatic rings. The Hall–Kier alpha value is -2.01. The Morgan fingerprint density at radius 2 is 2.15 bits per heavy atom. The highest BCUT2D eigenvalue weighted by Crippen LogP contribution is 2.37. The molecule has 4 rings (SSSR count). The first kappa shape index (κ1) is 11.8. The van der Waals surface area contributed by atoms with Gasteiger partial charge in [0, 0.05) is 11.1 Å². The predicted octanol–water partition coefficient (Wildman–Crippen LogP) is 3.17. The van der Waals surface area contributed by atoms with Gasteiger partial charge in [-0.05, 0) is 43.4 Å². The molecule has 5 heteroatoms. The minimum Gasteiger partial charge on any atom is -0.298 e. The van der Waals surface area contributed by atoms with Crippen LogP contribution in [0.25, 0.3) is 16.0 Å². The van der Waals surface area contributed by atoms with Crippen LogP contribution >= 0.6 is 11.3 Å². The molecular formula is C15H13N3OS. The highest BCUT2D eigenvalue weighted by Gasteiger charge is 2.20. The summed E-state index contributed by atoms with van der Waals surface area (Å²) in [5.74, 6) is 0.835. The fourth-order valence-electron chi connectivity index (χ4n) is 2.94. The van der Waals surface area contributed by atoms with Crippen LogP contribution in [0.3, 0.4) is 0 Å². The normalized spacial score (nSPS) is 14.4. The van der Waals surface area contributed by atoms with E-state index in [2.05, 4.69) is 9.97 Å². The second-order valence-electron chi connectivity index (χ2n) is 5.01. The number of aryl methyl sites for hydroxylation is 2. The maximum absolute atomic E-state index is 11.2. The molecule has 0 fully saturated rings. The molecule has 100 valence electrons. The summed E-state index contributed by atoms with van der Waals surface area (Å²) in [6, 6.07) is 3.68. The van der Waals surface area contributed by atoms with Crippen molar-refractivity contribution < 1.29 is 4.79 Å². The van der Waals surface area contributed by atoms with Crippen LogP contribution in [0.15, 0.2) is 24.7 Å². The highest BCUT2D eigenvalue weighted by molar-refractivity contribution is 7.18. The van der Waals surface area contributed by atoms with E-state index in [1.807, 2.05) is 16.8 Å². The third-order valence-corrected chi connectivity index (χ3v) is 5.06. The third kappa shape index (κ3) is 1.63. The molecule has 20 heavy (non-hydrogen) atoms. The van der Waals surface area contributed by atoms with Gasteiger partial charge in [-0.2, -0.15) is 0 Å². The van der Waals surface area contributed by atoms with E-state index < -0.39 is 0 Å². The van der Waals surface area contributed by atoms with Crippen molar-refractivity contribution in [2.24, 2.45) is 0 Å². The quantitative estimate of drug-likeness (QED) is 0.679. The van der Waals surface area contributed by atoms with Crippen LogP contribution in [0, 0.1) is 0 Å². The Kier molecular flexibility index (Phi) is 2.67. The fraction of sp³-hybridized carbons (Fsp3) is 0.267. The summed E-state index contributed by atoms with van der Waals surface area (Å²) in [6.07, 6.45) is 9.06. The van der Waals surface area contributed by atoms with Crippen LogP contribution in [-0.2, 0) is 12.8 Å². The van der Waals surface area contributed by atoms with E-state index in [-0.39, 0.29) is 0 Å². The number of thiophene rings is 1. The van der Waals surface area contributed by atoms with Gasteiger partial charge in [-0.25, -0.2) is 9.97 Å². The average Bonchev–Trinajstić information content (AvgIpc) is 3.10. The smallest absolute Gasteiger partial charge is 0.166 e. The van der Waals surface area contributed by atoms with Crippen molar-refractivity contribution in [1.82, 2.24) is 14.5 Å². The molecule has 0 amide bonds. The minimum absolute atomic E-state index is 0.626. The topological polar surface area (TPSA) is 47.8 Å². The number of carbonyl (C=O) groups excluding carboxylic acids is 1. The Morgan fingerprint density at radius 3 is 3.05 bits per heavy atom. The summed E-state index contributed by atoms with van der Waals surface area (Å²) >= 11 is 1.77. The van der Waals surface area contributed by atoms with E-state index in [0.29, 0.717) is 5.69 Å². The first-order valence-electron chi connectivity index (χ1n) is 6.76. The summed E-state index contributed by atoms with van der Waals surface area (Å²) < 4.78 is 1.86. The predicted molar refractivity (Wildman–Crippen MR) is 78.8 cm³/mol. The first-order valence-corrected chi connectivity index (χ1v) is 7.58. The summed E-state index contributed by atoms with van der Waals surface area (Å²) in [5, 5.41) is 1.13. The summed E-state index contributed by atoms with van der Waals surface area (Å²) in [7, 11) is 0. The number of fused-ring (bicyclic) bond motifs is 3. The number of nitrogens with zero attached hydrogens (tertiary/aromatic N) is 3. The molecule has 0 bridgehead atoms. The molecule has 0 atom stereocenters. The van der Waals surface area contributed by atoms with Crippen LogP contribution in [0.2, 0.25) is 0 Å². The second kappa shape index (κ2) is 4.52. The van der Waals surface area contributed by atoms with Crippen LogP contribution in [0.1, 0.15) is 33.8 Å². The van der Waals surface area contributed by atoms with Crippen LogP contribution in [-0.4, -0.2) is 20.8 Å². The standard InChI is InChI=1S/C15H13N3OS/c19-8-10-4-3-7-18(10)14-13-11-5-1-2-6-12(11)20-15(13)17-9-16-14/h3-4,7-9H,1-2,5-6H2. The zero-order chi connectivity index (χ0) is 13.5. The van der Waals surface area contributed by atoms with Gasteiger partial charge >= 0.3 is 0 Å². The zero-order valence-corrected chi connectivity index (χ0v) is 11.7. The lowest BCUT2D eigenvalue weighted by molar-refractivity contribution is 0.111. The van der Waals surface area contributed by atoms with Gasteiger partial charge in [0.05, 0.1) is 11.1 Å². The van der Waals surface area contributed by atoms with Crippen molar-refractivity contribution in [3.8, 4) is 5.82 Å². The van der Waals surface area contributed by atoms with E-state index in [4.69, 9.17) is 0 Å². The van der Waals surface area contributed by atoms with E-state index in [1.165, 1.54) is 23.3 Å². The van der Waals surface area contributed by atoms with Crippen LogP contribution in [0.4, 0.5) is 0 Å². The van der Waals surface area contributed by atoms with Crippen molar-refractivity contribution >= 4 is 27.8 Å². The van der Waals surface area contributed by atoms with Gasteiger partial charge in [0.15, 0.2) is 6.29 Å². The van der Waals surface area contributed by atoms with Gasteiger partial charge in [-0.15, -0.1) is 11.3 Å². The lowest BCUT2D eigenvalue weighted by Gasteiger charge is -2.12. The summed E-state index contributed by atoms with van der Waals surface area (Å²) in [6.45, 7) is 0. The molecule has 0 aromatic carbocycles. The zero-order valence-electron chi connectivity index (χ0n) is 10.9. The van der Waals surface area contributed by atoms with Crippen molar-refractivity contribution in [3.63, 3.8) is 0 Å². The van der Waals surface area contributed by atoms with E-state index >= 15 is 0 Å². The van der Waals surface area contributed by atoms with Gasteiger partial charge in [-0.1, -0.05) is 0 Å². The number of hydrogen-bond acceptors (Lipinski definition) is 4. The molecule has 0 unspecified atom stereocenters. The third-order valence-electron chi connectivity index (χ3n) is 3.86. The number of aldehydes is 1. The lowest BCUT2D eigenvalue weighted by Crippen LogP contribution is -2.04. The monoisotopic (exact) mass is 283 g/mol. The van der Waals surface area contributed by atoms with Gasteiger partial charge in [0.25, 0.3) is 0 Å². The molecule has 4 nitrogen and oxygen atoms in total. The molecule has 1 aliphatic carbocycles. The Morgan fingerprint density at radius 1 is 1.25 bits per heavy atom. The van der Waals surface area contributed by atoms with E-state index in [0.717, 1.165) is 35.2 Å². The molecule has 3 heterocycles. The van der Waals surface area contributed by atoms with Crippen molar-refractivity contribution in [2.45, 2.75) is 25.7 Å². The van der Waals surface area contributed by atoms with Gasteiger partial charge in [0.2, 0.25) is 0 Å². The summed E-state index contributed by atoms with van der Waals surface area (Å²) in [4.78, 5) is 22.5. The maximum atomic E-state index is 11.2. The largest absolute Gasteiger partial charge is 0.298 e. The molecule has 3 aromatic heterocycles. The number of carbonyl (C=O) groups is 1. The molecule has 0 radical (unpaired) electrons. The molecular weight excluding hydrogens is 270 g/mol. The van der Waals surface area contributed by atoms with Gasteiger partial charge in [-0.3, -0.25) is 9.36 Å². The van der Waals surface area contributed by atoms with Crippen LogP contribution < -0.4 is 0 Å². The first-order chi connectivity index (χ1) is 9.88. The van der Waals surface area contributed by atoms with E-state index in [1.54, 1.807) is 23.7 Å². The maximum Gasteiger partial charge on any atom is 0.166 e. The Labute approximate surface area is 120 Å². The average molecular weight is 283 g/mol. The lowest BCUT2D eigenvalue weighted by atomic mass is 9.97. The number of hydrogen-bond donors (Lipinski definition) is 0. The van der Waals surface area contributed by atoms with Gasteiger partial charge in [0.1, 0.15) is 17.0 Å². The molecule has 0 spiro atoms. The Balaban J connectivity index is 2.04. The van der Waals surface area contributed by atoms with Crippen molar-refractivity contribution in [1.29, 1.82) is 0 Å². The Bertz CT molecular complexity index is 803. The van der Waals surface area contributed by atoms with Crippen LogP contribution in [0.5, 0.6) is 0 Å².